The number of halogens is 2. The smallest absolute Gasteiger partial charge is 0.373 e. The Morgan fingerprint density at radius 1 is 0.530 bits per heavy atom. The maximum absolute atomic E-state index is 11.8. The Bertz CT molecular complexity index is 4840. The molecule has 5 aromatic heterocycles. The number of rotatable bonds is 14. The van der Waals surface area contributed by atoms with Crippen LogP contribution in [0.25, 0.3) is 0 Å². The van der Waals surface area contributed by atoms with E-state index in [1.165, 1.54) is 25.8 Å². The minimum Gasteiger partial charge on any atom is -0.508 e. The van der Waals surface area contributed by atoms with Gasteiger partial charge < -0.3 is 74.8 Å². The molecule has 1 saturated heterocycles. The molecule has 6 aromatic rings. The Kier molecular flexibility index (Phi) is 36.5. The van der Waals surface area contributed by atoms with Gasteiger partial charge in [-0.05, 0) is 183 Å². The van der Waals surface area contributed by atoms with Gasteiger partial charge in [-0.2, -0.15) is 9.59 Å². The van der Waals surface area contributed by atoms with Gasteiger partial charge in [-0.1, -0.05) is 11.6 Å². The molecule has 115 heavy (non-hydrogen) atoms. The molecule has 622 valence electrons. The number of carbonyl (C=O) groups excluding carboxylic acids is 9. The molecule has 9 N–H and O–H groups in total. The highest BCUT2D eigenvalue weighted by Crippen LogP contribution is 2.37. The molecule has 13 rings (SSSR count). The summed E-state index contributed by atoms with van der Waals surface area (Å²) in [4.78, 5) is 178. The first-order chi connectivity index (χ1) is 54.6. The summed E-state index contributed by atoms with van der Waals surface area (Å²) in [5.74, 6) is -3.95. The second kappa shape index (κ2) is 44.9. The number of nitrogens with zero attached hydrogens (tertiary/aromatic N) is 6. The number of aromatic nitrogens is 5. The second-order valence-corrected chi connectivity index (χ2v) is 26.8. The Balaban J connectivity index is 0.000000235. The lowest BCUT2D eigenvalue weighted by molar-refractivity contribution is -0.192. The highest BCUT2D eigenvalue weighted by atomic mass is 79.9. The number of nitrogens with two attached hydrogens (primary N) is 1. The predicted molar refractivity (Wildman–Crippen MR) is 409 cm³/mol. The summed E-state index contributed by atoms with van der Waals surface area (Å²) < 4.78 is 41.3. The monoisotopic (exact) mass is 1690 g/mol. The van der Waals surface area contributed by atoms with Gasteiger partial charge in [0.05, 0.1) is 45.8 Å². The zero-order chi connectivity index (χ0) is 85.7. The van der Waals surface area contributed by atoms with Crippen LogP contribution in [0.2, 0.25) is 5.02 Å². The number of aliphatic carboxylic acids is 2. The maximum atomic E-state index is 11.8. The van der Waals surface area contributed by atoms with E-state index in [9.17, 15) is 82.4 Å². The van der Waals surface area contributed by atoms with Crippen molar-refractivity contribution in [3.05, 3.63) is 168 Å². The number of nitrogen functional groups attached to an aromatic ring is 1. The molecule has 1 fully saturated rings. The third kappa shape index (κ3) is 25.4. The number of aromatic hydroxyl groups is 4. The normalized spacial score (nSPS) is 17.9. The fourth-order valence-corrected chi connectivity index (χ4v) is 13.7. The number of ether oxygens (including phenoxy) is 7. The number of nitrogens with one attached hydrogen (secondary N) is 1. The maximum Gasteiger partial charge on any atom is 0.373 e. The highest BCUT2D eigenvalue weighted by Gasteiger charge is 2.37. The SMILES string of the molecule is CCOC(=O)C1CCC(=O)N1.CCOC(=O)C1CCC(OC)=N1.CCOC(=O)C1CCc2c(C)c(O)cc(=O)n21.CCOC(=O)C1CCc2cc(C)cc(=O)n21.CCOC(=O)C1CCc2cc(O)cc(=O)n21.Nc1ccc(Cl)cc1Br.O=C(O)C1CCc2cc(O)cc(=O)n21.O=C=O.O=COc1c(O)cc(=O)n2c1CCC2C(=O)O. The molecule has 39 heteroatoms. The fourth-order valence-electron chi connectivity index (χ4n) is 13.0. The molecule has 37 nitrogen and oxygen atoms in total. The van der Waals surface area contributed by atoms with Crippen LogP contribution < -0.4 is 43.6 Å². The summed E-state index contributed by atoms with van der Waals surface area (Å²) in [5, 5.41) is 58.4. The molecule has 12 heterocycles. The van der Waals surface area contributed by atoms with Crippen LogP contribution in [0.3, 0.4) is 0 Å². The predicted octanol–water partition coefficient (Wildman–Crippen LogP) is 5.20. The Morgan fingerprint density at radius 2 is 0.939 bits per heavy atom. The number of aliphatic imine (C=N–C) groups is 1. The molecule has 0 bridgehead atoms. The van der Waals surface area contributed by atoms with Crippen molar-refractivity contribution in [1.82, 2.24) is 28.2 Å². The zero-order valence-electron chi connectivity index (χ0n) is 64.0. The summed E-state index contributed by atoms with van der Waals surface area (Å²) >= 11 is 8.87. The van der Waals surface area contributed by atoms with Gasteiger partial charge in [-0.3, -0.25) is 56.4 Å². The number of hydrogen-bond donors (Lipinski definition) is 8. The Labute approximate surface area is 668 Å². The lowest BCUT2D eigenvalue weighted by Crippen LogP contribution is -2.34. The van der Waals surface area contributed by atoms with E-state index >= 15 is 0 Å². The Hall–Kier alpha value is -12.2. The molecule has 0 saturated carbocycles. The van der Waals surface area contributed by atoms with Crippen LogP contribution in [0, 0.1) is 13.8 Å². The standard InChI is InChI=1S/C12H15NO4.C12H15NO3.C11H13NO4.C10H9NO6.C9H9NO4.C8H13NO3.C7H11NO3.C6H5BrClN.CO2/c1-3-17-12(16)9-5-4-8-7(2)10(14)6-11(15)13(8)9;1-3-16-12(15)10-5-4-9-6-8(2)7-11(14)13(9)10;1-2-16-11(15)9-4-3-7-5-8(13)6-10(14)12(7)9;12-4-17-9-5-1-2-6(10(15)16)11(5)8(14)3-7(9)13;11-6-3-5-1-2-7(9(13)14)10(5)8(12)4-6;1-3-12-8(10)6-4-5-7(9-6)11-2;1-2-11-7(10)5-3-4-6(9)8-5;7-5-3-4(8)1-2-6(5)9;2-1-3/h6,9,14H,3-5H2,1-2H3;6-7,10H,3-5H2,1-2H3;5-6,9,13H,2-4H2,1H3;3-4,6,13H,1-2H2,(H,15,16);3-4,7,11H,1-2H2,(H,13,14);6H,3-5H2,1-2H3;5H,2-4H2,1H3,(H,8,9);1-3H,9H2;. The third-order valence-corrected chi connectivity index (χ3v) is 18.9. The lowest BCUT2D eigenvalue weighted by Gasteiger charge is -2.14. The average molecular weight is 1690 g/mol. The van der Waals surface area contributed by atoms with Gasteiger partial charge in [0.15, 0.2) is 23.4 Å². The molecule has 0 radical (unpaired) electrons. The number of benzene rings is 1. The van der Waals surface area contributed by atoms with Crippen molar-refractivity contribution >= 4 is 99.4 Å². The van der Waals surface area contributed by atoms with Gasteiger partial charge >= 0.3 is 47.9 Å². The largest absolute Gasteiger partial charge is 0.508 e. The second-order valence-electron chi connectivity index (χ2n) is 25.5. The number of methoxy groups -OCH3 is 1. The molecular weight excluding hydrogens is 1600 g/mol. The van der Waals surface area contributed by atoms with Gasteiger partial charge in [-0.25, -0.2) is 38.6 Å². The number of esters is 5. The highest BCUT2D eigenvalue weighted by molar-refractivity contribution is 9.10. The molecule has 7 atom stereocenters. The summed E-state index contributed by atoms with van der Waals surface area (Å²) in [6.07, 6.45) is 7.85. The minimum absolute atomic E-state index is 0.00856. The zero-order valence-corrected chi connectivity index (χ0v) is 66.3. The van der Waals surface area contributed by atoms with Crippen molar-refractivity contribution in [3.63, 3.8) is 0 Å². The molecular formula is C76H90BrClN8O29. The van der Waals surface area contributed by atoms with Gasteiger partial charge in [0.2, 0.25) is 5.91 Å². The van der Waals surface area contributed by atoms with Crippen molar-refractivity contribution in [2.75, 3.05) is 45.9 Å². The van der Waals surface area contributed by atoms with E-state index in [1.807, 2.05) is 13.0 Å². The number of pyridine rings is 5. The average Bonchev–Trinajstić information content (AvgIpc) is 1.62. The van der Waals surface area contributed by atoms with Crippen molar-refractivity contribution in [1.29, 1.82) is 0 Å². The van der Waals surface area contributed by atoms with Crippen LogP contribution >= 0.6 is 27.5 Å². The topological polar surface area (TPSA) is 534 Å². The number of fused-ring (bicyclic) bond motifs is 5. The molecule has 7 unspecified atom stereocenters. The Morgan fingerprint density at radius 3 is 1.39 bits per heavy atom. The van der Waals surface area contributed by atoms with Gasteiger partial charge in [0.1, 0.15) is 53.5 Å². The third-order valence-electron chi connectivity index (χ3n) is 18.0. The molecule has 7 aliphatic heterocycles. The van der Waals surface area contributed by atoms with E-state index in [4.69, 9.17) is 70.7 Å². The van der Waals surface area contributed by atoms with Crippen molar-refractivity contribution in [2.45, 2.75) is 181 Å². The van der Waals surface area contributed by atoms with E-state index in [-0.39, 0.29) is 113 Å². The number of carboxylic acids is 2. The van der Waals surface area contributed by atoms with Crippen molar-refractivity contribution in [2.24, 2.45) is 4.99 Å². The summed E-state index contributed by atoms with van der Waals surface area (Å²) in [6, 6.07) is 11.9. The number of carbonyl (C=O) groups is 9. The number of aryl methyl sites for hydroxylation is 4. The molecule has 0 aliphatic carbocycles. The molecule has 1 amide bonds. The lowest BCUT2D eigenvalue weighted by atomic mass is 10.1. The first-order valence-electron chi connectivity index (χ1n) is 36.1. The fraction of sp³-hybridized carbons (Fsp3) is 0.447. The van der Waals surface area contributed by atoms with E-state index in [1.54, 1.807) is 77.5 Å². The van der Waals surface area contributed by atoms with Gasteiger partial charge in [0.25, 0.3) is 34.3 Å². The summed E-state index contributed by atoms with van der Waals surface area (Å²) in [6.45, 7) is 14.3. The van der Waals surface area contributed by atoms with Gasteiger partial charge in [0, 0.05) is 86.7 Å². The van der Waals surface area contributed by atoms with Crippen LogP contribution in [-0.4, -0.2) is 172 Å². The van der Waals surface area contributed by atoms with E-state index < -0.39 is 65.1 Å². The number of carboxylic acid groups (broad SMARTS) is 2. The first-order valence-corrected chi connectivity index (χ1v) is 37.3. The number of anilines is 1. The summed E-state index contributed by atoms with van der Waals surface area (Å²) in [7, 11) is 1.56. The van der Waals surface area contributed by atoms with Crippen LogP contribution in [0.15, 0.2) is 100 Å². The molecule has 7 aliphatic rings. The van der Waals surface area contributed by atoms with Crippen LogP contribution in [0.4, 0.5) is 5.69 Å². The minimum atomic E-state index is -1.13. The van der Waals surface area contributed by atoms with Crippen molar-refractivity contribution in [3.8, 4) is 28.7 Å². The van der Waals surface area contributed by atoms with E-state index in [0.29, 0.717) is 131 Å². The molecule has 0 spiro atoms. The van der Waals surface area contributed by atoms with Gasteiger partial charge in [-0.15, -0.1) is 0 Å². The number of hydrogen-bond acceptors (Lipinski definition) is 29. The van der Waals surface area contributed by atoms with Crippen LogP contribution in [0.5, 0.6) is 28.7 Å². The van der Waals surface area contributed by atoms with Crippen LogP contribution in [-0.2, 0) is 113 Å². The number of amides is 1. The first kappa shape index (κ1) is 93.4. The molecule has 1 aromatic carbocycles. The van der Waals surface area contributed by atoms with E-state index in [2.05, 4.69) is 31.0 Å². The quantitative estimate of drug-likeness (QED) is 0.0301. The summed E-state index contributed by atoms with van der Waals surface area (Å²) in [5.41, 5.74) is 9.07. The van der Waals surface area contributed by atoms with E-state index in [0.717, 1.165) is 63.1 Å². The van der Waals surface area contributed by atoms with Crippen LogP contribution in [0.1, 0.15) is 162 Å². The van der Waals surface area contributed by atoms with Crippen molar-refractivity contribution < 1.29 is 117 Å².